The molecule has 0 aliphatic rings. The number of aliphatic hydroxyl groups is 1. The van der Waals surface area contributed by atoms with Crippen molar-refractivity contribution in [3.63, 3.8) is 0 Å². The van der Waals surface area contributed by atoms with Crippen LogP contribution in [0.1, 0.15) is 0 Å². The van der Waals surface area contributed by atoms with E-state index >= 15 is 0 Å². The second-order valence-electron chi connectivity index (χ2n) is 4.39. The van der Waals surface area contributed by atoms with Crippen molar-refractivity contribution in [2.24, 2.45) is 0 Å². The first kappa shape index (κ1) is 18.9. The van der Waals surface area contributed by atoms with Crippen molar-refractivity contribution in [2.75, 3.05) is 18.9 Å². The first-order valence-corrected chi connectivity index (χ1v) is 6.02. The van der Waals surface area contributed by atoms with E-state index in [4.69, 9.17) is 5.11 Å². The number of nitrogens with one attached hydrogen (secondary N) is 1. The quantitative estimate of drug-likeness (QED) is 0.806. The fourth-order valence-electron chi connectivity index (χ4n) is 1.46. The average molecular weight is 346 g/mol. The van der Waals surface area contributed by atoms with E-state index in [1.165, 1.54) is 0 Å². The molecule has 0 aliphatic heterocycles. The monoisotopic (exact) mass is 346 g/mol. The highest BCUT2D eigenvalue weighted by atomic mass is 19.4. The summed E-state index contributed by atoms with van der Waals surface area (Å²) >= 11 is 0. The number of anilines is 1. The molecule has 1 atom stereocenters. The number of alkyl halides is 5. The van der Waals surface area contributed by atoms with Crippen molar-refractivity contribution < 1.29 is 41.0 Å². The zero-order chi connectivity index (χ0) is 17.8. The fraction of sp³-hybridized carbons (Fsp3) is 0.417. The lowest BCUT2D eigenvalue weighted by Gasteiger charge is -2.23. The Hall–Kier alpha value is -2.17. The van der Waals surface area contributed by atoms with Gasteiger partial charge >= 0.3 is 18.8 Å². The zero-order valence-corrected chi connectivity index (χ0v) is 11.6. The van der Waals surface area contributed by atoms with Crippen LogP contribution in [0, 0.1) is 5.82 Å². The maximum atomic E-state index is 13.1. The molecule has 0 bridgehead atoms. The van der Waals surface area contributed by atoms with E-state index in [9.17, 15) is 31.1 Å². The molecule has 5 nitrogen and oxygen atoms in total. The van der Waals surface area contributed by atoms with Gasteiger partial charge in [-0.15, -0.1) is 0 Å². The highest BCUT2D eigenvalue weighted by Gasteiger charge is 2.39. The molecule has 0 heterocycles. The summed E-state index contributed by atoms with van der Waals surface area (Å²) in [5.74, 6) is -1.46. The van der Waals surface area contributed by atoms with Crippen LogP contribution in [0.15, 0.2) is 18.2 Å². The van der Waals surface area contributed by atoms with Crippen molar-refractivity contribution in [1.29, 1.82) is 0 Å². The Bertz CT molecular complexity index is 552. The van der Waals surface area contributed by atoms with Gasteiger partial charge in [0.25, 0.3) is 0 Å². The third kappa shape index (κ3) is 5.85. The number of carbonyl (C=O) groups is 1. The second-order valence-corrected chi connectivity index (χ2v) is 4.39. The molecule has 0 radical (unpaired) electrons. The van der Waals surface area contributed by atoms with Crippen LogP contribution >= 0.6 is 0 Å². The molecule has 0 fully saturated rings. The van der Waals surface area contributed by atoms with Gasteiger partial charge in [-0.3, -0.25) is 0 Å². The van der Waals surface area contributed by atoms with Crippen LogP contribution in [0.3, 0.4) is 0 Å². The van der Waals surface area contributed by atoms with Crippen LogP contribution in [0.2, 0.25) is 0 Å². The minimum absolute atomic E-state index is 0.454. The van der Waals surface area contributed by atoms with Gasteiger partial charge in [0.05, 0.1) is 12.2 Å². The minimum atomic E-state index is -4.93. The minimum Gasteiger partial charge on any atom is -0.433 e. The van der Waals surface area contributed by atoms with E-state index < -0.39 is 48.7 Å². The standard InChI is InChI=1S/C12H12F6N2O3/c1-20(5-9(21)12(16,17)18)11(22)19-7-4-6(13)2-3-8(7)23-10(14)15/h2-4,9-10,21H,5H2,1H3,(H,19,22)/t9-/m0/s1. The summed E-state index contributed by atoms with van der Waals surface area (Å²) in [5, 5.41) is 10.8. The highest BCUT2D eigenvalue weighted by molar-refractivity contribution is 5.90. The van der Waals surface area contributed by atoms with Crippen LogP contribution in [-0.4, -0.2) is 48.5 Å². The zero-order valence-electron chi connectivity index (χ0n) is 11.6. The number of amides is 2. The van der Waals surface area contributed by atoms with Gasteiger partial charge < -0.3 is 20.1 Å². The Morgan fingerprint density at radius 1 is 1.39 bits per heavy atom. The first-order valence-electron chi connectivity index (χ1n) is 6.02. The molecule has 23 heavy (non-hydrogen) atoms. The number of aliphatic hydroxyl groups excluding tert-OH is 1. The van der Waals surface area contributed by atoms with Crippen molar-refractivity contribution >= 4 is 11.7 Å². The van der Waals surface area contributed by atoms with Crippen LogP contribution in [0.25, 0.3) is 0 Å². The summed E-state index contributed by atoms with van der Waals surface area (Å²) < 4.78 is 78.2. The van der Waals surface area contributed by atoms with Gasteiger partial charge in [0.1, 0.15) is 11.6 Å². The third-order valence-electron chi connectivity index (χ3n) is 2.57. The number of hydrogen-bond donors (Lipinski definition) is 2. The van der Waals surface area contributed by atoms with Crippen LogP contribution in [0.5, 0.6) is 5.75 Å². The molecule has 1 rings (SSSR count). The average Bonchev–Trinajstić information content (AvgIpc) is 2.40. The smallest absolute Gasteiger partial charge is 0.416 e. The van der Waals surface area contributed by atoms with E-state index in [0.717, 1.165) is 19.2 Å². The summed E-state index contributed by atoms with van der Waals surface area (Å²) in [7, 11) is 0.928. The molecule has 0 saturated heterocycles. The molecule has 2 amide bonds. The highest BCUT2D eigenvalue weighted by Crippen LogP contribution is 2.27. The SMILES string of the molecule is CN(C[C@H](O)C(F)(F)F)C(=O)Nc1cc(F)ccc1OC(F)F. The van der Waals surface area contributed by atoms with E-state index in [0.29, 0.717) is 11.0 Å². The Balaban J connectivity index is 2.82. The Labute approximate surface area is 126 Å². The summed E-state index contributed by atoms with van der Waals surface area (Å²) in [6.07, 6.45) is -7.72. The number of hydrogen-bond acceptors (Lipinski definition) is 3. The summed E-state index contributed by atoms with van der Waals surface area (Å²) in [6.45, 7) is -4.35. The van der Waals surface area contributed by atoms with Crippen LogP contribution < -0.4 is 10.1 Å². The molecule has 2 N–H and O–H groups in total. The number of ether oxygens (including phenoxy) is 1. The fourth-order valence-corrected chi connectivity index (χ4v) is 1.46. The molecule has 1 aromatic carbocycles. The molecular weight excluding hydrogens is 334 g/mol. The van der Waals surface area contributed by atoms with Crippen molar-refractivity contribution in [1.82, 2.24) is 4.90 Å². The largest absolute Gasteiger partial charge is 0.433 e. The number of halogens is 6. The molecule has 130 valence electrons. The van der Waals surface area contributed by atoms with Crippen LogP contribution in [0.4, 0.5) is 36.8 Å². The summed E-state index contributed by atoms with van der Waals surface area (Å²) in [5.41, 5.74) is -0.497. The van der Waals surface area contributed by atoms with Gasteiger partial charge in [0, 0.05) is 13.1 Å². The van der Waals surface area contributed by atoms with Crippen molar-refractivity contribution in [3.8, 4) is 5.75 Å². The van der Waals surface area contributed by atoms with E-state index in [1.54, 1.807) is 0 Å². The number of rotatable bonds is 5. The predicted molar refractivity (Wildman–Crippen MR) is 66.7 cm³/mol. The molecule has 0 spiro atoms. The van der Waals surface area contributed by atoms with Crippen molar-refractivity contribution in [2.45, 2.75) is 18.9 Å². The Morgan fingerprint density at radius 3 is 2.52 bits per heavy atom. The lowest BCUT2D eigenvalue weighted by molar-refractivity contribution is -0.205. The molecule has 1 aromatic rings. The number of urea groups is 1. The van der Waals surface area contributed by atoms with Crippen LogP contribution in [-0.2, 0) is 0 Å². The summed E-state index contributed by atoms with van der Waals surface area (Å²) in [4.78, 5) is 12.1. The van der Waals surface area contributed by atoms with Gasteiger partial charge in [-0.1, -0.05) is 0 Å². The number of likely N-dealkylation sites (N-methyl/N-ethyl adjacent to an activating group) is 1. The molecule has 0 aromatic heterocycles. The molecule has 0 saturated carbocycles. The normalized spacial score (nSPS) is 12.9. The number of carbonyl (C=O) groups excluding carboxylic acids is 1. The van der Waals surface area contributed by atoms with Gasteiger partial charge in [0.2, 0.25) is 0 Å². The maximum Gasteiger partial charge on any atom is 0.416 e. The number of benzene rings is 1. The molecular formula is C12H12F6N2O3. The molecule has 11 heteroatoms. The number of nitrogens with zero attached hydrogens (tertiary/aromatic N) is 1. The topological polar surface area (TPSA) is 61.8 Å². The third-order valence-corrected chi connectivity index (χ3v) is 2.57. The Morgan fingerprint density at radius 2 is 2.00 bits per heavy atom. The summed E-state index contributed by atoms with van der Waals surface area (Å²) in [6, 6.07) is 1.09. The van der Waals surface area contributed by atoms with E-state index in [1.807, 2.05) is 5.32 Å². The second kappa shape index (κ2) is 7.40. The molecule has 0 unspecified atom stereocenters. The van der Waals surface area contributed by atoms with E-state index in [2.05, 4.69) is 4.74 Å². The van der Waals surface area contributed by atoms with Crippen molar-refractivity contribution in [3.05, 3.63) is 24.0 Å². The van der Waals surface area contributed by atoms with Gasteiger partial charge in [-0.2, -0.15) is 22.0 Å². The van der Waals surface area contributed by atoms with E-state index in [-0.39, 0.29) is 0 Å². The maximum absolute atomic E-state index is 13.1. The lowest BCUT2D eigenvalue weighted by Crippen LogP contribution is -2.43. The Kier molecular flexibility index (Phi) is 6.07. The van der Waals surface area contributed by atoms with Gasteiger partial charge in [-0.05, 0) is 12.1 Å². The van der Waals surface area contributed by atoms with Gasteiger partial charge in [0.15, 0.2) is 6.10 Å². The lowest BCUT2D eigenvalue weighted by atomic mass is 10.3. The predicted octanol–water partition coefficient (Wildman–Crippen LogP) is 2.81. The van der Waals surface area contributed by atoms with Gasteiger partial charge in [-0.25, -0.2) is 9.18 Å². The molecule has 0 aliphatic carbocycles. The first-order chi connectivity index (χ1) is 10.5.